The van der Waals surface area contributed by atoms with E-state index in [4.69, 9.17) is 9.15 Å². The Kier molecular flexibility index (Phi) is 5.83. The molecule has 0 N–H and O–H groups in total. The lowest BCUT2D eigenvalue weighted by Gasteiger charge is -2.29. The summed E-state index contributed by atoms with van der Waals surface area (Å²) in [5.41, 5.74) is 1.27. The zero-order valence-electron chi connectivity index (χ0n) is 15.7. The molecule has 0 saturated carbocycles. The topological polar surface area (TPSA) is 107 Å². The summed E-state index contributed by atoms with van der Waals surface area (Å²) < 4.78 is 34.0. The van der Waals surface area contributed by atoms with Gasteiger partial charge in [-0.05, 0) is 32.4 Å². The molecule has 1 saturated heterocycles. The van der Waals surface area contributed by atoms with E-state index in [2.05, 4.69) is 4.98 Å². The van der Waals surface area contributed by atoms with E-state index >= 15 is 0 Å². The fraction of sp³-hybridized carbons (Fsp3) is 0.421. The lowest BCUT2D eigenvalue weighted by Crippen LogP contribution is -2.46. The van der Waals surface area contributed by atoms with E-state index in [0.29, 0.717) is 24.1 Å². The number of benzene rings is 1. The maximum atomic E-state index is 12.6. The first-order valence-corrected chi connectivity index (χ1v) is 10.9. The predicted molar refractivity (Wildman–Crippen MR) is 103 cm³/mol. The monoisotopic (exact) mass is 406 g/mol. The molecule has 150 valence electrons. The second kappa shape index (κ2) is 8.14. The lowest BCUT2D eigenvalue weighted by atomic mass is 10.2. The van der Waals surface area contributed by atoms with Gasteiger partial charge < -0.3 is 14.1 Å². The van der Waals surface area contributed by atoms with Gasteiger partial charge in [0, 0.05) is 24.7 Å². The molecule has 3 rings (SSSR count). The zero-order valence-corrected chi connectivity index (χ0v) is 16.5. The summed E-state index contributed by atoms with van der Waals surface area (Å²) in [5, 5.41) is 0. The first-order valence-electron chi connectivity index (χ1n) is 9.04. The maximum Gasteiger partial charge on any atom is 0.331 e. The van der Waals surface area contributed by atoms with Crippen LogP contribution in [0.15, 0.2) is 34.8 Å². The molecule has 0 radical (unpaired) electrons. The van der Waals surface area contributed by atoms with Gasteiger partial charge in [0.15, 0.2) is 21.5 Å². The molecule has 1 aliphatic rings. The summed E-state index contributed by atoms with van der Waals surface area (Å²) in [4.78, 5) is 30.3. The standard InChI is InChI=1S/C19H22N2O6S/c1-3-21(14-10-11-28(24,25)12-14)19(23)13(2)26-18(22)9-8-17-20-15-6-4-5-7-16(15)27-17/h4-9,13-14H,3,10-12H2,1-2H3/b9-8+/t13-,14-/m0/s1. The first-order chi connectivity index (χ1) is 13.3. The Morgan fingerprint density at radius 1 is 1.39 bits per heavy atom. The third-order valence-corrected chi connectivity index (χ3v) is 6.34. The minimum absolute atomic E-state index is 0.0507. The van der Waals surface area contributed by atoms with Crippen molar-refractivity contribution >= 4 is 38.9 Å². The van der Waals surface area contributed by atoms with E-state index in [1.165, 1.54) is 17.9 Å². The molecule has 1 aliphatic heterocycles. The number of carbonyl (C=O) groups is 2. The van der Waals surface area contributed by atoms with Gasteiger partial charge in [0.2, 0.25) is 5.89 Å². The Morgan fingerprint density at radius 3 is 2.79 bits per heavy atom. The van der Waals surface area contributed by atoms with Gasteiger partial charge in [-0.25, -0.2) is 18.2 Å². The Labute approximate surface area is 163 Å². The number of nitrogens with zero attached hydrogens (tertiary/aromatic N) is 2. The smallest absolute Gasteiger partial charge is 0.331 e. The molecule has 1 aromatic carbocycles. The van der Waals surface area contributed by atoms with Gasteiger partial charge in [0.25, 0.3) is 5.91 Å². The van der Waals surface area contributed by atoms with Gasteiger partial charge in [-0.2, -0.15) is 0 Å². The second-order valence-corrected chi connectivity index (χ2v) is 8.84. The number of rotatable bonds is 6. The molecule has 0 spiro atoms. The van der Waals surface area contributed by atoms with E-state index < -0.39 is 27.8 Å². The number of ether oxygens (including phenoxy) is 1. The van der Waals surface area contributed by atoms with E-state index in [1.54, 1.807) is 19.1 Å². The van der Waals surface area contributed by atoms with Crippen molar-refractivity contribution in [2.24, 2.45) is 0 Å². The van der Waals surface area contributed by atoms with Crippen LogP contribution in [-0.2, 0) is 24.2 Å². The predicted octanol–water partition coefficient (Wildman–Crippen LogP) is 1.81. The quantitative estimate of drug-likeness (QED) is 0.532. The first kappa shape index (κ1) is 20.1. The normalized spacial score (nSPS) is 19.7. The number of hydrogen-bond donors (Lipinski definition) is 0. The Hall–Kier alpha value is -2.68. The molecule has 2 heterocycles. The fourth-order valence-electron chi connectivity index (χ4n) is 3.21. The molecule has 9 heteroatoms. The van der Waals surface area contributed by atoms with Gasteiger partial charge in [-0.15, -0.1) is 0 Å². The van der Waals surface area contributed by atoms with Crippen LogP contribution >= 0.6 is 0 Å². The van der Waals surface area contributed by atoms with E-state index in [-0.39, 0.29) is 23.4 Å². The molecule has 0 aliphatic carbocycles. The highest BCUT2D eigenvalue weighted by molar-refractivity contribution is 7.91. The summed E-state index contributed by atoms with van der Waals surface area (Å²) in [7, 11) is -3.11. The van der Waals surface area contributed by atoms with Crippen LogP contribution in [0.5, 0.6) is 0 Å². The number of esters is 1. The highest BCUT2D eigenvalue weighted by atomic mass is 32.2. The van der Waals surface area contributed by atoms with Crippen LogP contribution in [0, 0.1) is 0 Å². The number of carbonyl (C=O) groups excluding carboxylic acids is 2. The molecule has 8 nitrogen and oxygen atoms in total. The van der Waals surface area contributed by atoms with E-state index in [1.807, 2.05) is 12.1 Å². The molecule has 2 aromatic rings. The Morgan fingerprint density at radius 2 is 2.14 bits per heavy atom. The summed E-state index contributed by atoms with van der Waals surface area (Å²) in [6.07, 6.45) is 1.90. The molecular formula is C19H22N2O6S. The van der Waals surface area contributed by atoms with Crippen molar-refractivity contribution in [2.75, 3.05) is 18.1 Å². The number of oxazole rings is 1. The minimum atomic E-state index is -3.11. The van der Waals surface area contributed by atoms with Gasteiger partial charge in [0.05, 0.1) is 11.5 Å². The van der Waals surface area contributed by atoms with Gasteiger partial charge >= 0.3 is 5.97 Å². The van der Waals surface area contributed by atoms with Crippen molar-refractivity contribution in [3.8, 4) is 0 Å². The summed E-state index contributed by atoms with van der Waals surface area (Å²) >= 11 is 0. The SMILES string of the molecule is CCN(C(=O)[C@H](C)OC(=O)/C=C/c1nc2ccccc2o1)[C@H]1CCS(=O)(=O)C1. The van der Waals surface area contributed by atoms with E-state index in [9.17, 15) is 18.0 Å². The van der Waals surface area contributed by atoms with Crippen LogP contribution in [0.3, 0.4) is 0 Å². The maximum absolute atomic E-state index is 12.6. The number of sulfone groups is 1. The third-order valence-electron chi connectivity index (χ3n) is 4.59. The van der Waals surface area contributed by atoms with Crippen molar-refractivity contribution in [1.82, 2.24) is 9.88 Å². The van der Waals surface area contributed by atoms with Crippen molar-refractivity contribution in [3.05, 3.63) is 36.2 Å². The van der Waals surface area contributed by atoms with Crippen LogP contribution in [0.1, 0.15) is 26.2 Å². The van der Waals surface area contributed by atoms with Crippen molar-refractivity contribution in [3.63, 3.8) is 0 Å². The number of fused-ring (bicyclic) bond motifs is 1. The average Bonchev–Trinajstić information content (AvgIpc) is 3.23. The van der Waals surface area contributed by atoms with Crippen LogP contribution in [-0.4, -0.2) is 60.4 Å². The average molecular weight is 406 g/mol. The highest BCUT2D eigenvalue weighted by Gasteiger charge is 2.36. The second-order valence-electron chi connectivity index (χ2n) is 6.61. The van der Waals surface area contributed by atoms with Gasteiger partial charge in [-0.3, -0.25) is 4.79 Å². The summed E-state index contributed by atoms with van der Waals surface area (Å²) in [5.74, 6) is -0.844. The number of hydrogen-bond acceptors (Lipinski definition) is 7. The molecular weight excluding hydrogens is 384 g/mol. The number of aromatic nitrogens is 1. The molecule has 1 amide bonds. The largest absolute Gasteiger partial charge is 0.449 e. The van der Waals surface area contributed by atoms with Gasteiger partial charge in [0.1, 0.15) is 5.52 Å². The molecule has 0 unspecified atom stereocenters. The number of likely N-dealkylation sites (N-methyl/N-ethyl adjacent to an activating group) is 1. The number of para-hydroxylation sites is 2. The molecule has 1 aromatic heterocycles. The van der Waals surface area contributed by atoms with Crippen LogP contribution in [0.25, 0.3) is 17.2 Å². The minimum Gasteiger partial charge on any atom is -0.449 e. The van der Waals surface area contributed by atoms with Crippen molar-refractivity contribution in [2.45, 2.75) is 32.4 Å². The summed E-state index contributed by atoms with van der Waals surface area (Å²) in [6.45, 7) is 3.59. The Bertz CT molecular complexity index is 977. The number of amides is 1. The van der Waals surface area contributed by atoms with Crippen molar-refractivity contribution < 1.29 is 27.2 Å². The molecule has 0 bridgehead atoms. The third kappa shape index (κ3) is 4.59. The fourth-order valence-corrected chi connectivity index (χ4v) is 4.94. The molecule has 2 atom stereocenters. The van der Waals surface area contributed by atoms with Crippen LogP contribution < -0.4 is 0 Å². The van der Waals surface area contributed by atoms with Crippen LogP contribution in [0.2, 0.25) is 0 Å². The van der Waals surface area contributed by atoms with Crippen LogP contribution in [0.4, 0.5) is 0 Å². The molecule has 1 fully saturated rings. The Balaban J connectivity index is 1.60. The van der Waals surface area contributed by atoms with E-state index in [0.717, 1.165) is 6.08 Å². The highest BCUT2D eigenvalue weighted by Crippen LogP contribution is 2.19. The lowest BCUT2D eigenvalue weighted by molar-refractivity contribution is -0.156. The zero-order chi connectivity index (χ0) is 20.3. The molecule has 28 heavy (non-hydrogen) atoms. The van der Waals surface area contributed by atoms with Crippen molar-refractivity contribution in [1.29, 1.82) is 0 Å². The summed E-state index contributed by atoms with van der Waals surface area (Å²) in [6, 6.07) is 6.82. The van der Waals surface area contributed by atoms with Gasteiger partial charge in [-0.1, -0.05) is 12.1 Å².